The van der Waals surface area contributed by atoms with Crippen LogP contribution < -0.4 is 10.6 Å². The van der Waals surface area contributed by atoms with Crippen molar-refractivity contribution in [3.05, 3.63) is 24.2 Å². The molecule has 4 rings (SSSR count). The number of likely N-dealkylation sites (N-methyl/N-ethyl adjacent to an activating group) is 1. The fourth-order valence-electron chi connectivity index (χ4n) is 4.96. The minimum Gasteiger partial charge on any atom is -0.459 e. The lowest BCUT2D eigenvalue weighted by molar-refractivity contribution is -0.126. The van der Waals surface area contributed by atoms with Gasteiger partial charge < -0.3 is 20.0 Å². The van der Waals surface area contributed by atoms with Crippen LogP contribution in [-0.2, 0) is 4.79 Å². The highest BCUT2D eigenvalue weighted by Gasteiger charge is 2.45. The van der Waals surface area contributed by atoms with Gasteiger partial charge in [-0.3, -0.25) is 14.5 Å². The lowest BCUT2D eigenvalue weighted by Crippen LogP contribution is -2.50. The molecule has 27 heavy (non-hydrogen) atoms. The SMILES string of the molecule is CN1CC2(CCNCC2)C[C@H]1C(=O)NC1CCN(C(=O)c2ccco2)CC1. The first kappa shape index (κ1) is 18.5. The molecule has 2 N–H and O–H groups in total. The summed E-state index contributed by atoms with van der Waals surface area (Å²) < 4.78 is 5.20. The van der Waals surface area contributed by atoms with Gasteiger partial charge in [0.15, 0.2) is 5.76 Å². The van der Waals surface area contributed by atoms with Crippen LogP contribution in [0.1, 0.15) is 42.7 Å². The van der Waals surface area contributed by atoms with Gasteiger partial charge in [-0.25, -0.2) is 0 Å². The van der Waals surface area contributed by atoms with Gasteiger partial charge >= 0.3 is 0 Å². The van der Waals surface area contributed by atoms with Crippen LogP contribution in [0.4, 0.5) is 0 Å². The van der Waals surface area contributed by atoms with Crippen molar-refractivity contribution in [2.75, 3.05) is 39.8 Å². The number of piperidine rings is 2. The Morgan fingerprint density at radius 3 is 2.67 bits per heavy atom. The highest BCUT2D eigenvalue weighted by molar-refractivity contribution is 5.91. The zero-order valence-electron chi connectivity index (χ0n) is 16.1. The van der Waals surface area contributed by atoms with E-state index in [1.165, 1.54) is 6.26 Å². The molecule has 7 heteroatoms. The summed E-state index contributed by atoms with van der Waals surface area (Å²) in [6.07, 6.45) is 6.40. The highest BCUT2D eigenvalue weighted by Crippen LogP contribution is 2.41. The number of amides is 2. The molecule has 3 fully saturated rings. The van der Waals surface area contributed by atoms with Gasteiger partial charge in [-0.2, -0.15) is 0 Å². The minimum atomic E-state index is -0.0619. The van der Waals surface area contributed by atoms with Gasteiger partial charge in [-0.05, 0) is 69.8 Å². The molecule has 1 spiro atoms. The topological polar surface area (TPSA) is 77.8 Å². The van der Waals surface area contributed by atoms with Crippen molar-refractivity contribution in [3.63, 3.8) is 0 Å². The lowest BCUT2D eigenvalue weighted by Gasteiger charge is -2.33. The van der Waals surface area contributed by atoms with Crippen molar-refractivity contribution in [2.45, 2.75) is 44.2 Å². The van der Waals surface area contributed by atoms with Crippen molar-refractivity contribution >= 4 is 11.8 Å². The molecule has 0 unspecified atom stereocenters. The molecule has 2 amide bonds. The Kier molecular flexibility index (Phi) is 5.23. The van der Waals surface area contributed by atoms with Crippen molar-refractivity contribution in [3.8, 4) is 0 Å². The van der Waals surface area contributed by atoms with Crippen LogP contribution >= 0.6 is 0 Å². The molecule has 1 atom stereocenters. The molecule has 1 aromatic rings. The van der Waals surface area contributed by atoms with E-state index in [9.17, 15) is 9.59 Å². The third kappa shape index (κ3) is 3.89. The van der Waals surface area contributed by atoms with Crippen LogP contribution in [0.25, 0.3) is 0 Å². The summed E-state index contributed by atoms with van der Waals surface area (Å²) in [6, 6.07) is 3.55. The summed E-state index contributed by atoms with van der Waals surface area (Å²) >= 11 is 0. The van der Waals surface area contributed by atoms with Gasteiger partial charge in [0, 0.05) is 25.7 Å². The van der Waals surface area contributed by atoms with Crippen LogP contribution in [0, 0.1) is 5.41 Å². The second kappa shape index (κ2) is 7.64. The molecule has 148 valence electrons. The summed E-state index contributed by atoms with van der Waals surface area (Å²) in [5.74, 6) is 0.481. The Bertz CT molecular complexity index is 661. The van der Waals surface area contributed by atoms with E-state index >= 15 is 0 Å². The average molecular weight is 374 g/mol. The standard InChI is InChI=1S/C20H30N4O3/c1-23-14-20(6-8-21-9-7-20)13-16(23)18(25)22-15-4-10-24(11-5-15)19(26)17-3-2-12-27-17/h2-3,12,15-16,21H,4-11,13-14H2,1H3,(H,22,25)/t16-/m0/s1. The van der Waals surface area contributed by atoms with Crippen LogP contribution in [0.3, 0.4) is 0 Å². The third-order valence-electron chi connectivity index (χ3n) is 6.57. The van der Waals surface area contributed by atoms with Crippen LogP contribution in [0.5, 0.6) is 0 Å². The molecule has 3 saturated heterocycles. The monoisotopic (exact) mass is 374 g/mol. The predicted octanol–water partition coefficient (Wildman–Crippen LogP) is 1.07. The molecule has 4 heterocycles. The van der Waals surface area contributed by atoms with Crippen LogP contribution in [0.15, 0.2) is 22.8 Å². The van der Waals surface area contributed by atoms with E-state index in [0.717, 1.165) is 51.7 Å². The van der Waals surface area contributed by atoms with Gasteiger partial charge in [0.05, 0.1) is 12.3 Å². The van der Waals surface area contributed by atoms with Gasteiger partial charge in [-0.1, -0.05) is 0 Å². The van der Waals surface area contributed by atoms with E-state index in [1.54, 1.807) is 12.1 Å². The molecule has 0 aliphatic carbocycles. The number of likely N-dealkylation sites (tertiary alicyclic amines) is 2. The van der Waals surface area contributed by atoms with E-state index in [4.69, 9.17) is 4.42 Å². The minimum absolute atomic E-state index is 0.0223. The quantitative estimate of drug-likeness (QED) is 0.828. The average Bonchev–Trinajstić information content (AvgIpc) is 3.31. The highest BCUT2D eigenvalue weighted by atomic mass is 16.3. The van der Waals surface area contributed by atoms with Crippen LogP contribution in [-0.4, -0.2) is 73.5 Å². The summed E-state index contributed by atoms with van der Waals surface area (Å²) in [7, 11) is 2.08. The molecular formula is C20H30N4O3. The normalized spacial score (nSPS) is 26.4. The first-order valence-electron chi connectivity index (χ1n) is 10.1. The van der Waals surface area contributed by atoms with E-state index in [0.29, 0.717) is 24.3 Å². The Morgan fingerprint density at radius 1 is 1.26 bits per heavy atom. The number of carbonyl (C=O) groups excluding carboxylic acids is 2. The van der Waals surface area contributed by atoms with E-state index in [-0.39, 0.29) is 23.9 Å². The number of hydrogen-bond acceptors (Lipinski definition) is 5. The maximum absolute atomic E-state index is 12.9. The second-order valence-corrected chi connectivity index (χ2v) is 8.44. The Labute approximate surface area is 160 Å². The third-order valence-corrected chi connectivity index (χ3v) is 6.57. The van der Waals surface area contributed by atoms with Crippen LogP contribution in [0.2, 0.25) is 0 Å². The predicted molar refractivity (Wildman–Crippen MR) is 101 cm³/mol. The van der Waals surface area contributed by atoms with Gasteiger partial charge in [0.2, 0.25) is 5.91 Å². The summed E-state index contributed by atoms with van der Waals surface area (Å²) in [5.41, 5.74) is 0.306. The first-order valence-corrected chi connectivity index (χ1v) is 10.1. The Hall–Kier alpha value is -1.86. The number of nitrogens with one attached hydrogen (secondary N) is 2. The van der Waals surface area contributed by atoms with Crippen molar-refractivity contribution in [1.82, 2.24) is 20.4 Å². The molecule has 0 aromatic carbocycles. The molecule has 0 radical (unpaired) electrons. The van der Waals surface area contributed by atoms with E-state index in [2.05, 4.69) is 22.6 Å². The smallest absolute Gasteiger partial charge is 0.289 e. The number of rotatable bonds is 3. The maximum Gasteiger partial charge on any atom is 0.289 e. The van der Waals surface area contributed by atoms with E-state index in [1.807, 2.05) is 4.90 Å². The van der Waals surface area contributed by atoms with E-state index < -0.39 is 0 Å². The zero-order valence-corrected chi connectivity index (χ0v) is 16.1. The molecule has 0 saturated carbocycles. The van der Waals surface area contributed by atoms with Crippen molar-refractivity contribution < 1.29 is 14.0 Å². The summed E-state index contributed by atoms with van der Waals surface area (Å²) in [6.45, 7) is 4.44. The zero-order chi connectivity index (χ0) is 18.9. The number of hydrogen-bond donors (Lipinski definition) is 2. The van der Waals surface area contributed by atoms with Gasteiger partial charge in [-0.15, -0.1) is 0 Å². The largest absolute Gasteiger partial charge is 0.459 e. The lowest BCUT2D eigenvalue weighted by atomic mass is 9.77. The molecular weight excluding hydrogens is 344 g/mol. The van der Waals surface area contributed by atoms with Gasteiger partial charge in [0.25, 0.3) is 5.91 Å². The fourth-order valence-corrected chi connectivity index (χ4v) is 4.96. The fraction of sp³-hybridized carbons (Fsp3) is 0.700. The van der Waals surface area contributed by atoms with Crippen molar-refractivity contribution in [1.29, 1.82) is 0 Å². The molecule has 1 aromatic heterocycles. The van der Waals surface area contributed by atoms with Crippen molar-refractivity contribution in [2.24, 2.45) is 5.41 Å². The Morgan fingerprint density at radius 2 is 2.00 bits per heavy atom. The maximum atomic E-state index is 12.9. The number of nitrogens with zero attached hydrogens (tertiary/aromatic N) is 2. The molecule has 7 nitrogen and oxygen atoms in total. The summed E-state index contributed by atoms with van der Waals surface area (Å²) in [5, 5.41) is 6.68. The number of furan rings is 1. The van der Waals surface area contributed by atoms with Gasteiger partial charge in [0.1, 0.15) is 0 Å². The summed E-state index contributed by atoms with van der Waals surface area (Å²) in [4.78, 5) is 29.3. The Balaban J connectivity index is 1.28. The molecule has 3 aliphatic heterocycles. The number of carbonyl (C=O) groups is 2. The second-order valence-electron chi connectivity index (χ2n) is 8.44. The first-order chi connectivity index (χ1) is 13.1. The molecule has 0 bridgehead atoms. The molecule has 3 aliphatic rings.